The van der Waals surface area contributed by atoms with Gasteiger partial charge in [-0.3, -0.25) is 9.59 Å². The minimum absolute atomic E-state index is 0.0788. The molecule has 0 saturated carbocycles. The molecule has 4 rings (SSSR count). The van der Waals surface area contributed by atoms with E-state index in [4.69, 9.17) is 15.2 Å². The monoisotopic (exact) mass is 472 g/mol. The van der Waals surface area contributed by atoms with Crippen LogP contribution in [0.1, 0.15) is 22.8 Å². The number of nitrogens with one attached hydrogen (secondary N) is 1. The predicted molar refractivity (Wildman–Crippen MR) is 119 cm³/mol. The van der Waals surface area contributed by atoms with Crippen molar-refractivity contribution in [3.8, 4) is 11.5 Å². The van der Waals surface area contributed by atoms with E-state index in [1.54, 1.807) is 41.8 Å². The van der Waals surface area contributed by atoms with E-state index in [0.29, 0.717) is 17.2 Å². The first kappa shape index (κ1) is 21.8. The molecule has 0 bridgehead atoms. The molecule has 3 aromatic rings. The smallest absolute Gasteiger partial charge is 0.255 e. The normalized spacial score (nSPS) is 15.5. The molecule has 0 fully saturated rings. The predicted octanol–water partition coefficient (Wildman–Crippen LogP) is 2.93. The number of sulfone groups is 1. The van der Waals surface area contributed by atoms with Gasteiger partial charge in [-0.2, -0.15) is 0 Å². The number of carbonyl (C=O) groups is 2. The first-order valence-electron chi connectivity index (χ1n) is 9.61. The molecule has 8 nitrogen and oxygen atoms in total. The Balaban J connectivity index is 1.74. The first-order valence-corrected chi connectivity index (χ1v) is 12.0. The van der Waals surface area contributed by atoms with Gasteiger partial charge < -0.3 is 20.5 Å². The third-order valence-corrected chi connectivity index (χ3v) is 8.10. The lowest BCUT2D eigenvalue weighted by atomic mass is 9.90. The molecule has 32 heavy (non-hydrogen) atoms. The topological polar surface area (TPSA) is 125 Å². The van der Waals surface area contributed by atoms with Crippen LogP contribution in [0.3, 0.4) is 0 Å². The number of methoxy groups -OCH3 is 1. The summed E-state index contributed by atoms with van der Waals surface area (Å²) in [5.74, 6) is -0.532. The van der Waals surface area contributed by atoms with Crippen LogP contribution in [-0.2, 0) is 19.4 Å². The van der Waals surface area contributed by atoms with Crippen molar-refractivity contribution >= 4 is 38.7 Å². The number of thiophene rings is 1. The van der Waals surface area contributed by atoms with Crippen LogP contribution in [0.5, 0.6) is 11.5 Å². The summed E-state index contributed by atoms with van der Waals surface area (Å²) >= 11 is 1.28. The minimum atomic E-state index is -3.79. The number of primary amides is 1. The van der Waals surface area contributed by atoms with E-state index in [0.717, 1.165) is 10.4 Å². The number of rotatable bonds is 7. The fourth-order valence-electron chi connectivity index (χ4n) is 3.57. The largest absolute Gasteiger partial charge is 0.493 e. The number of hydrogen-bond acceptors (Lipinski definition) is 7. The lowest BCUT2D eigenvalue weighted by molar-refractivity contribution is -0.120. The highest BCUT2D eigenvalue weighted by Crippen LogP contribution is 2.46. The van der Waals surface area contributed by atoms with Crippen LogP contribution in [0, 0.1) is 0 Å². The van der Waals surface area contributed by atoms with E-state index >= 15 is 0 Å². The standard InChI is InChI=1S/C22H20N2O6S2/c1-29-17-9-13(7-8-16(17)30-11-19(23)25)15-10-20(26)24-21-18(12-31-22(15)21)32(27,28)14-5-3-2-4-6-14/h2-9,12,15H,10-11H2,1H3,(H2,23,25)(H,24,26)/t15-/m0/s1. The van der Waals surface area contributed by atoms with Gasteiger partial charge in [0.05, 0.1) is 17.7 Å². The van der Waals surface area contributed by atoms with Crippen LogP contribution in [0.25, 0.3) is 0 Å². The maximum atomic E-state index is 13.2. The van der Waals surface area contributed by atoms with E-state index in [-0.39, 0.29) is 34.6 Å². The van der Waals surface area contributed by atoms with Crippen molar-refractivity contribution in [1.82, 2.24) is 0 Å². The second kappa shape index (κ2) is 8.64. The van der Waals surface area contributed by atoms with Gasteiger partial charge in [0.1, 0.15) is 4.90 Å². The maximum absolute atomic E-state index is 13.2. The molecule has 2 heterocycles. The number of fused-ring (bicyclic) bond motifs is 1. The van der Waals surface area contributed by atoms with E-state index in [9.17, 15) is 18.0 Å². The lowest BCUT2D eigenvalue weighted by Gasteiger charge is -2.24. The summed E-state index contributed by atoms with van der Waals surface area (Å²) < 4.78 is 37.1. The molecule has 1 atom stereocenters. The Kier molecular flexibility index (Phi) is 5.90. The first-order chi connectivity index (χ1) is 15.3. The van der Waals surface area contributed by atoms with E-state index in [1.165, 1.54) is 30.6 Å². The van der Waals surface area contributed by atoms with Crippen LogP contribution in [0.15, 0.2) is 63.7 Å². The summed E-state index contributed by atoms with van der Waals surface area (Å²) in [4.78, 5) is 24.5. The van der Waals surface area contributed by atoms with Gasteiger partial charge in [-0.15, -0.1) is 11.3 Å². The number of hydrogen-bond donors (Lipinski definition) is 2. The highest BCUT2D eigenvalue weighted by atomic mass is 32.2. The Morgan fingerprint density at radius 1 is 1.19 bits per heavy atom. The number of nitrogens with two attached hydrogens (primary N) is 1. The van der Waals surface area contributed by atoms with Gasteiger partial charge in [0, 0.05) is 22.6 Å². The second-order valence-electron chi connectivity index (χ2n) is 7.13. The van der Waals surface area contributed by atoms with E-state index in [2.05, 4.69) is 5.32 Å². The summed E-state index contributed by atoms with van der Waals surface area (Å²) in [7, 11) is -2.33. The van der Waals surface area contributed by atoms with Crippen molar-refractivity contribution in [3.63, 3.8) is 0 Å². The van der Waals surface area contributed by atoms with Gasteiger partial charge in [-0.05, 0) is 29.8 Å². The Morgan fingerprint density at radius 2 is 1.94 bits per heavy atom. The second-order valence-corrected chi connectivity index (χ2v) is 9.96. The van der Waals surface area contributed by atoms with Crippen LogP contribution < -0.4 is 20.5 Å². The molecule has 0 saturated heterocycles. The zero-order valence-electron chi connectivity index (χ0n) is 17.0. The van der Waals surface area contributed by atoms with Crippen molar-refractivity contribution < 1.29 is 27.5 Å². The van der Waals surface area contributed by atoms with Crippen LogP contribution in [-0.4, -0.2) is 33.9 Å². The highest BCUT2D eigenvalue weighted by Gasteiger charge is 2.34. The average molecular weight is 473 g/mol. The molecule has 166 valence electrons. The summed E-state index contributed by atoms with van der Waals surface area (Å²) in [5, 5.41) is 4.30. The van der Waals surface area contributed by atoms with Crippen molar-refractivity contribution in [1.29, 1.82) is 0 Å². The summed E-state index contributed by atoms with van der Waals surface area (Å²) in [5.41, 5.74) is 6.20. The van der Waals surface area contributed by atoms with Gasteiger partial charge >= 0.3 is 0 Å². The van der Waals surface area contributed by atoms with Gasteiger partial charge in [0.15, 0.2) is 18.1 Å². The maximum Gasteiger partial charge on any atom is 0.255 e. The van der Waals surface area contributed by atoms with Crippen molar-refractivity contribution in [2.75, 3.05) is 19.0 Å². The van der Waals surface area contributed by atoms with E-state index < -0.39 is 15.7 Å². The van der Waals surface area contributed by atoms with Crippen molar-refractivity contribution in [2.24, 2.45) is 5.73 Å². The number of amides is 2. The quantitative estimate of drug-likeness (QED) is 0.545. The molecular weight excluding hydrogens is 452 g/mol. The van der Waals surface area contributed by atoms with Gasteiger partial charge in [-0.25, -0.2) is 8.42 Å². The Bertz CT molecular complexity index is 1290. The van der Waals surface area contributed by atoms with E-state index in [1.807, 2.05) is 0 Å². The van der Waals surface area contributed by atoms with Gasteiger partial charge in [0.25, 0.3) is 5.91 Å². The van der Waals surface area contributed by atoms with Gasteiger partial charge in [0.2, 0.25) is 15.7 Å². The lowest BCUT2D eigenvalue weighted by Crippen LogP contribution is -2.23. The fourth-order valence-corrected chi connectivity index (χ4v) is 6.50. The Hall–Kier alpha value is -3.37. The number of ether oxygens (including phenoxy) is 2. The molecule has 10 heteroatoms. The molecule has 2 aromatic carbocycles. The molecule has 3 N–H and O–H groups in total. The third-order valence-electron chi connectivity index (χ3n) is 5.06. The zero-order chi connectivity index (χ0) is 22.9. The fraction of sp³-hybridized carbons (Fsp3) is 0.182. The van der Waals surface area contributed by atoms with Gasteiger partial charge in [-0.1, -0.05) is 24.3 Å². The average Bonchev–Trinajstić information content (AvgIpc) is 3.22. The third kappa shape index (κ3) is 4.06. The minimum Gasteiger partial charge on any atom is -0.493 e. The number of anilines is 1. The molecule has 0 spiro atoms. The van der Waals surface area contributed by atoms with Crippen LogP contribution >= 0.6 is 11.3 Å². The Morgan fingerprint density at radius 3 is 2.62 bits per heavy atom. The molecule has 0 aliphatic carbocycles. The number of carbonyl (C=O) groups excluding carboxylic acids is 2. The highest BCUT2D eigenvalue weighted by molar-refractivity contribution is 7.91. The molecule has 2 amide bonds. The molecular formula is C22H20N2O6S2. The SMILES string of the molecule is COc1cc([C@@H]2CC(=O)Nc3c(S(=O)(=O)c4ccccc4)csc32)ccc1OCC(N)=O. The van der Waals surface area contributed by atoms with Crippen LogP contribution in [0.2, 0.25) is 0 Å². The molecule has 1 aliphatic heterocycles. The number of benzene rings is 2. The molecule has 1 aromatic heterocycles. The Labute approximate surface area is 188 Å². The molecule has 1 aliphatic rings. The molecule has 0 unspecified atom stereocenters. The zero-order valence-corrected chi connectivity index (χ0v) is 18.7. The van der Waals surface area contributed by atoms with Crippen molar-refractivity contribution in [3.05, 3.63) is 64.4 Å². The summed E-state index contributed by atoms with van der Waals surface area (Å²) in [6, 6.07) is 13.2. The van der Waals surface area contributed by atoms with Crippen molar-refractivity contribution in [2.45, 2.75) is 22.1 Å². The van der Waals surface area contributed by atoms with Crippen LogP contribution in [0.4, 0.5) is 5.69 Å². The summed E-state index contributed by atoms with van der Waals surface area (Å²) in [6.07, 6.45) is 0.156. The summed E-state index contributed by atoms with van der Waals surface area (Å²) in [6.45, 7) is -0.294. The molecule has 0 radical (unpaired) electrons.